The van der Waals surface area contributed by atoms with E-state index in [1.54, 1.807) is 7.05 Å². The van der Waals surface area contributed by atoms with E-state index in [9.17, 15) is 14.4 Å². The monoisotopic (exact) mass is 306 g/mol. The molecule has 0 spiro atoms. The highest BCUT2D eigenvalue weighted by atomic mass is 16.2. The summed E-state index contributed by atoms with van der Waals surface area (Å²) >= 11 is 0. The maximum Gasteiger partial charge on any atom is 0.330 e. The molecule has 7 nitrogen and oxygen atoms in total. The summed E-state index contributed by atoms with van der Waals surface area (Å²) in [4.78, 5) is 39.8. The van der Waals surface area contributed by atoms with Gasteiger partial charge in [-0.2, -0.15) is 0 Å². The van der Waals surface area contributed by atoms with Gasteiger partial charge < -0.3 is 4.90 Å². The normalized spacial score (nSPS) is 19.5. The van der Waals surface area contributed by atoms with Crippen LogP contribution in [0.1, 0.15) is 18.5 Å². The van der Waals surface area contributed by atoms with Crippen molar-refractivity contribution in [1.82, 2.24) is 18.9 Å². The molecule has 0 atom stereocenters. The van der Waals surface area contributed by atoms with Crippen LogP contribution >= 0.6 is 0 Å². The zero-order valence-corrected chi connectivity index (χ0v) is 13.1. The number of rotatable bonds is 3. The highest BCUT2D eigenvalue weighted by Crippen LogP contribution is 2.31. The zero-order valence-electron chi connectivity index (χ0n) is 13.1. The second kappa shape index (κ2) is 5.72. The SMILES string of the molecule is Cn1c(CN2CCN(C(=O)C3CC3)CC2)cc(=O)n(C)c1=O. The van der Waals surface area contributed by atoms with Crippen LogP contribution in [0.4, 0.5) is 0 Å². The van der Waals surface area contributed by atoms with E-state index in [2.05, 4.69) is 4.90 Å². The predicted molar refractivity (Wildman–Crippen MR) is 81.5 cm³/mol. The molecule has 1 aromatic heterocycles. The van der Waals surface area contributed by atoms with Crippen molar-refractivity contribution in [3.05, 3.63) is 32.6 Å². The molecule has 120 valence electrons. The van der Waals surface area contributed by atoms with Crippen molar-refractivity contribution < 1.29 is 4.79 Å². The number of amides is 1. The molecule has 1 aliphatic carbocycles. The van der Waals surface area contributed by atoms with Crippen LogP contribution in [-0.4, -0.2) is 51.0 Å². The van der Waals surface area contributed by atoms with Gasteiger partial charge in [-0.1, -0.05) is 0 Å². The molecule has 3 rings (SSSR count). The maximum atomic E-state index is 12.0. The van der Waals surface area contributed by atoms with Crippen LogP contribution in [0.3, 0.4) is 0 Å². The van der Waals surface area contributed by atoms with Gasteiger partial charge in [-0.3, -0.25) is 23.6 Å². The molecule has 0 unspecified atom stereocenters. The Bertz CT molecular complexity index is 694. The third-order valence-corrected chi connectivity index (χ3v) is 4.62. The fraction of sp³-hybridized carbons (Fsp3) is 0.667. The van der Waals surface area contributed by atoms with Crippen molar-refractivity contribution in [2.45, 2.75) is 19.4 Å². The van der Waals surface area contributed by atoms with Crippen LogP contribution in [0.2, 0.25) is 0 Å². The molecule has 2 fully saturated rings. The lowest BCUT2D eigenvalue weighted by Crippen LogP contribution is -2.49. The molecule has 7 heteroatoms. The van der Waals surface area contributed by atoms with E-state index in [0.29, 0.717) is 12.5 Å². The van der Waals surface area contributed by atoms with Crippen molar-refractivity contribution in [1.29, 1.82) is 0 Å². The summed E-state index contributed by atoms with van der Waals surface area (Å²) in [6.45, 7) is 3.58. The smallest absolute Gasteiger partial charge is 0.330 e. The average molecular weight is 306 g/mol. The number of piperazine rings is 1. The highest BCUT2D eigenvalue weighted by Gasteiger charge is 2.34. The first kappa shape index (κ1) is 15.0. The quantitative estimate of drug-likeness (QED) is 0.729. The third-order valence-electron chi connectivity index (χ3n) is 4.62. The van der Waals surface area contributed by atoms with Gasteiger partial charge in [0.25, 0.3) is 5.56 Å². The minimum atomic E-state index is -0.301. The average Bonchev–Trinajstić information content (AvgIpc) is 3.35. The fourth-order valence-corrected chi connectivity index (χ4v) is 2.87. The lowest BCUT2D eigenvalue weighted by molar-refractivity contribution is -0.134. The molecule has 0 aromatic carbocycles. The Hall–Kier alpha value is -1.89. The molecule has 1 aromatic rings. The Labute approximate surface area is 128 Å². The summed E-state index contributed by atoms with van der Waals surface area (Å²) in [6.07, 6.45) is 2.07. The molecule has 22 heavy (non-hydrogen) atoms. The molecule has 0 radical (unpaired) electrons. The van der Waals surface area contributed by atoms with Gasteiger partial charge >= 0.3 is 5.69 Å². The second-order valence-electron chi connectivity index (χ2n) is 6.25. The van der Waals surface area contributed by atoms with Crippen LogP contribution in [0.5, 0.6) is 0 Å². The van der Waals surface area contributed by atoms with Crippen molar-refractivity contribution in [2.75, 3.05) is 26.2 Å². The Morgan fingerprint density at radius 2 is 1.73 bits per heavy atom. The van der Waals surface area contributed by atoms with Gasteiger partial charge in [0, 0.05) is 64.5 Å². The second-order valence-corrected chi connectivity index (χ2v) is 6.25. The molecular formula is C15H22N4O3. The van der Waals surface area contributed by atoms with Crippen molar-refractivity contribution in [3.8, 4) is 0 Å². The van der Waals surface area contributed by atoms with E-state index in [1.807, 2.05) is 4.90 Å². The third kappa shape index (κ3) is 2.85. The van der Waals surface area contributed by atoms with E-state index < -0.39 is 0 Å². The lowest BCUT2D eigenvalue weighted by Gasteiger charge is -2.35. The summed E-state index contributed by atoms with van der Waals surface area (Å²) in [7, 11) is 3.17. The summed E-state index contributed by atoms with van der Waals surface area (Å²) in [6, 6.07) is 1.52. The molecule has 2 heterocycles. The predicted octanol–water partition coefficient (Wildman–Crippen LogP) is -0.862. The Kier molecular flexibility index (Phi) is 3.90. The molecule has 1 aliphatic heterocycles. The summed E-state index contributed by atoms with van der Waals surface area (Å²) in [5.74, 6) is 0.560. The first-order chi connectivity index (χ1) is 10.5. The van der Waals surface area contributed by atoms with Crippen molar-refractivity contribution >= 4 is 5.91 Å². The molecule has 2 aliphatic rings. The van der Waals surface area contributed by atoms with Gasteiger partial charge in [0.15, 0.2) is 0 Å². The van der Waals surface area contributed by atoms with Gasteiger partial charge in [-0.15, -0.1) is 0 Å². The van der Waals surface area contributed by atoms with E-state index >= 15 is 0 Å². The van der Waals surface area contributed by atoms with Crippen LogP contribution < -0.4 is 11.2 Å². The minimum absolute atomic E-state index is 0.268. The van der Waals surface area contributed by atoms with Crippen molar-refractivity contribution in [2.24, 2.45) is 20.0 Å². The summed E-state index contributed by atoms with van der Waals surface area (Å²) in [5.41, 5.74) is 0.140. The fourth-order valence-electron chi connectivity index (χ4n) is 2.87. The van der Waals surface area contributed by atoms with Gasteiger partial charge in [0.1, 0.15) is 0 Å². The molecular weight excluding hydrogens is 284 g/mol. The number of hydrogen-bond acceptors (Lipinski definition) is 4. The van der Waals surface area contributed by atoms with Gasteiger partial charge in [0.05, 0.1) is 0 Å². The Balaban J connectivity index is 1.64. The number of carbonyl (C=O) groups excluding carboxylic acids is 1. The summed E-state index contributed by atoms with van der Waals surface area (Å²) < 4.78 is 2.62. The Morgan fingerprint density at radius 1 is 1.09 bits per heavy atom. The largest absolute Gasteiger partial charge is 0.340 e. The summed E-state index contributed by atoms with van der Waals surface area (Å²) in [5, 5.41) is 0. The topological polar surface area (TPSA) is 67.5 Å². The molecule has 0 N–H and O–H groups in total. The van der Waals surface area contributed by atoms with Crippen LogP contribution in [0.25, 0.3) is 0 Å². The molecule has 1 saturated heterocycles. The van der Waals surface area contributed by atoms with Gasteiger partial charge in [-0.25, -0.2) is 4.79 Å². The lowest BCUT2D eigenvalue weighted by atomic mass is 10.2. The number of hydrogen-bond donors (Lipinski definition) is 0. The maximum absolute atomic E-state index is 12.0. The van der Waals surface area contributed by atoms with E-state index in [1.165, 1.54) is 17.7 Å². The van der Waals surface area contributed by atoms with Gasteiger partial charge in [0.2, 0.25) is 5.91 Å². The molecule has 1 saturated carbocycles. The van der Waals surface area contributed by atoms with E-state index in [0.717, 1.165) is 49.3 Å². The minimum Gasteiger partial charge on any atom is -0.340 e. The molecule has 1 amide bonds. The van der Waals surface area contributed by atoms with E-state index in [4.69, 9.17) is 0 Å². The number of aromatic nitrogens is 2. The highest BCUT2D eigenvalue weighted by molar-refractivity contribution is 5.81. The van der Waals surface area contributed by atoms with Crippen LogP contribution in [-0.2, 0) is 25.4 Å². The first-order valence-corrected chi connectivity index (χ1v) is 7.74. The number of nitrogens with zero attached hydrogens (tertiary/aromatic N) is 4. The standard InChI is InChI=1S/C15H22N4O3/c1-16-12(9-13(20)17(2)15(16)22)10-18-5-7-19(8-6-18)14(21)11-3-4-11/h9,11H,3-8,10H2,1-2H3. The number of carbonyl (C=O) groups is 1. The van der Waals surface area contributed by atoms with E-state index in [-0.39, 0.29) is 17.2 Å². The molecule has 0 bridgehead atoms. The van der Waals surface area contributed by atoms with Crippen molar-refractivity contribution in [3.63, 3.8) is 0 Å². The zero-order chi connectivity index (χ0) is 15.9. The van der Waals surface area contributed by atoms with Crippen LogP contribution in [0, 0.1) is 5.92 Å². The Morgan fingerprint density at radius 3 is 2.32 bits per heavy atom. The van der Waals surface area contributed by atoms with Crippen LogP contribution in [0.15, 0.2) is 15.7 Å². The van der Waals surface area contributed by atoms with Gasteiger partial charge in [-0.05, 0) is 12.8 Å². The first-order valence-electron chi connectivity index (χ1n) is 7.74.